The Morgan fingerprint density at radius 2 is 1.64 bits per heavy atom. The number of pyridine rings is 1. The minimum Gasteiger partial charge on any atom is -0.296 e. The minimum absolute atomic E-state index is 0.0768. The van der Waals surface area contributed by atoms with Crippen LogP contribution in [0.4, 0.5) is 4.39 Å². The molecule has 0 spiro atoms. The maximum absolute atomic E-state index is 12.4. The van der Waals surface area contributed by atoms with Crippen molar-refractivity contribution in [1.29, 1.82) is 0 Å². The van der Waals surface area contributed by atoms with Gasteiger partial charge in [0.15, 0.2) is 12.6 Å². The van der Waals surface area contributed by atoms with Gasteiger partial charge >= 0.3 is 0 Å². The number of nitrogens with zero attached hydrogens (tertiary/aromatic N) is 1. The molecule has 1 rings (SSSR count). The lowest BCUT2D eigenvalue weighted by Gasteiger charge is -1.91. The summed E-state index contributed by atoms with van der Waals surface area (Å²) in [6.07, 6.45) is 0.770. The van der Waals surface area contributed by atoms with Crippen LogP contribution in [0.15, 0.2) is 12.1 Å². The topological polar surface area (TPSA) is 47.0 Å². The van der Waals surface area contributed by atoms with Crippen LogP contribution in [0.25, 0.3) is 0 Å². The average Bonchev–Trinajstić information content (AvgIpc) is 2.03. The number of hydrogen-bond acceptors (Lipinski definition) is 3. The fourth-order valence-corrected chi connectivity index (χ4v) is 0.659. The first kappa shape index (κ1) is 7.53. The molecular formula is C7H4FNO2. The van der Waals surface area contributed by atoms with E-state index in [4.69, 9.17) is 0 Å². The maximum Gasteiger partial charge on any atom is 0.168 e. The van der Waals surface area contributed by atoms with E-state index in [1.165, 1.54) is 0 Å². The van der Waals surface area contributed by atoms with Crippen molar-refractivity contribution < 1.29 is 14.0 Å². The molecule has 1 heterocycles. The molecule has 0 aliphatic heterocycles. The largest absolute Gasteiger partial charge is 0.296 e. The molecule has 1 aromatic rings. The van der Waals surface area contributed by atoms with Crippen molar-refractivity contribution in [2.45, 2.75) is 0 Å². The summed E-state index contributed by atoms with van der Waals surface area (Å²) in [5.41, 5.74) is -0.154. The van der Waals surface area contributed by atoms with E-state index in [1.807, 2.05) is 0 Å². The van der Waals surface area contributed by atoms with Crippen LogP contribution >= 0.6 is 0 Å². The van der Waals surface area contributed by atoms with Gasteiger partial charge in [0.1, 0.15) is 17.2 Å². The van der Waals surface area contributed by atoms with Crippen molar-refractivity contribution in [3.63, 3.8) is 0 Å². The summed E-state index contributed by atoms with van der Waals surface area (Å²) in [7, 11) is 0. The van der Waals surface area contributed by atoms with Crippen LogP contribution in [-0.2, 0) is 0 Å². The molecule has 0 radical (unpaired) electrons. The summed E-state index contributed by atoms with van der Waals surface area (Å²) < 4.78 is 12.4. The minimum atomic E-state index is -0.635. The van der Waals surface area contributed by atoms with Gasteiger partial charge in [0.2, 0.25) is 0 Å². The molecule has 0 N–H and O–H groups in total. The molecule has 0 aliphatic rings. The molecule has 0 unspecified atom stereocenters. The number of aromatic nitrogens is 1. The third-order valence-corrected chi connectivity index (χ3v) is 1.07. The number of aldehydes is 2. The average molecular weight is 153 g/mol. The second kappa shape index (κ2) is 3.01. The predicted molar refractivity (Wildman–Crippen MR) is 35.0 cm³/mol. The highest BCUT2D eigenvalue weighted by atomic mass is 19.1. The molecule has 3 nitrogen and oxygen atoms in total. The first-order valence-corrected chi connectivity index (χ1v) is 2.84. The van der Waals surface area contributed by atoms with Gasteiger partial charge in [-0.2, -0.15) is 0 Å². The standard InChI is InChI=1S/C7H4FNO2/c8-5-1-6(3-10)9-7(2-5)4-11/h1-4H. The first-order chi connectivity index (χ1) is 5.26. The summed E-state index contributed by atoms with van der Waals surface area (Å²) in [6.45, 7) is 0. The van der Waals surface area contributed by atoms with Crippen LogP contribution in [0.1, 0.15) is 21.0 Å². The van der Waals surface area contributed by atoms with E-state index in [1.54, 1.807) is 0 Å². The molecule has 1 aromatic heterocycles. The van der Waals surface area contributed by atoms with Gasteiger partial charge < -0.3 is 0 Å². The van der Waals surface area contributed by atoms with E-state index in [0.29, 0.717) is 12.6 Å². The third-order valence-electron chi connectivity index (χ3n) is 1.07. The molecule has 0 amide bonds. The van der Waals surface area contributed by atoms with Crippen LogP contribution in [0.3, 0.4) is 0 Å². The highest BCUT2D eigenvalue weighted by Gasteiger charge is 1.99. The number of rotatable bonds is 2. The van der Waals surface area contributed by atoms with E-state index in [0.717, 1.165) is 12.1 Å². The summed E-state index contributed by atoms with van der Waals surface area (Å²) in [4.78, 5) is 23.7. The Labute approximate surface area is 61.9 Å². The second-order valence-electron chi connectivity index (χ2n) is 1.87. The number of halogens is 1. The Morgan fingerprint density at radius 3 is 2.00 bits per heavy atom. The fraction of sp³-hybridized carbons (Fsp3) is 0. The summed E-state index contributed by atoms with van der Waals surface area (Å²) >= 11 is 0. The zero-order chi connectivity index (χ0) is 8.27. The first-order valence-electron chi connectivity index (χ1n) is 2.84. The van der Waals surface area contributed by atoms with E-state index in [2.05, 4.69) is 4.98 Å². The van der Waals surface area contributed by atoms with Crippen LogP contribution in [0, 0.1) is 5.82 Å². The van der Waals surface area contributed by atoms with Crippen molar-refractivity contribution in [3.05, 3.63) is 29.3 Å². The van der Waals surface area contributed by atoms with Crippen LogP contribution in [0.5, 0.6) is 0 Å². The van der Waals surface area contributed by atoms with Gasteiger partial charge in [0, 0.05) is 12.1 Å². The lowest BCUT2D eigenvalue weighted by molar-refractivity contribution is 0.111. The summed E-state index contributed by atoms with van der Waals surface area (Å²) in [6, 6.07) is 1.92. The highest BCUT2D eigenvalue weighted by Crippen LogP contribution is 2.00. The van der Waals surface area contributed by atoms with Crippen LogP contribution in [-0.4, -0.2) is 17.6 Å². The molecule has 0 aromatic carbocycles. The van der Waals surface area contributed by atoms with Crippen molar-refractivity contribution in [2.75, 3.05) is 0 Å². The van der Waals surface area contributed by atoms with Gasteiger partial charge in [-0.05, 0) is 0 Å². The van der Waals surface area contributed by atoms with Crippen molar-refractivity contribution in [3.8, 4) is 0 Å². The molecule has 0 atom stereocenters. The van der Waals surface area contributed by atoms with Gasteiger partial charge in [0.25, 0.3) is 0 Å². The Morgan fingerprint density at radius 1 is 1.18 bits per heavy atom. The summed E-state index contributed by atoms with van der Waals surface area (Å²) in [5, 5.41) is 0. The van der Waals surface area contributed by atoms with Crippen LogP contribution in [0.2, 0.25) is 0 Å². The zero-order valence-corrected chi connectivity index (χ0v) is 5.45. The lowest BCUT2D eigenvalue weighted by atomic mass is 10.3. The quantitative estimate of drug-likeness (QED) is 0.591. The SMILES string of the molecule is O=Cc1cc(F)cc(C=O)n1. The van der Waals surface area contributed by atoms with Crippen molar-refractivity contribution in [1.82, 2.24) is 4.98 Å². The van der Waals surface area contributed by atoms with E-state index >= 15 is 0 Å². The molecule has 0 bridgehead atoms. The molecule has 4 heteroatoms. The predicted octanol–water partition coefficient (Wildman–Crippen LogP) is 0.846. The van der Waals surface area contributed by atoms with Gasteiger partial charge in [-0.15, -0.1) is 0 Å². The molecule has 0 fully saturated rings. The third kappa shape index (κ3) is 1.67. The molecule has 0 saturated heterocycles. The highest BCUT2D eigenvalue weighted by molar-refractivity contribution is 5.76. The van der Waals surface area contributed by atoms with Crippen molar-refractivity contribution in [2.24, 2.45) is 0 Å². The van der Waals surface area contributed by atoms with Gasteiger partial charge in [-0.1, -0.05) is 0 Å². The van der Waals surface area contributed by atoms with E-state index in [-0.39, 0.29) is 11.4 Å². The van der Waals surface area contributed by atoms with Gasteiger partial charge in [-0.3, -0.25) is 9.59 Å². The fourth-order valence-electron chi connectivity index (χ4n) is 0.659. The van der Waals surface area contributed by atoms with Gasteiger partial charge in [0.05, 0.1) is 0 Å². The van der Waals surface area contributed by atoms with Crippen LogP contribution < -0.4 is 0 Å². The zero-order valence-electron chi connectivity index (χ0n) is 5.45. The Bertz CT molecular complexity index is 272. The number of carbonyl (C=O) groups excluding carboxylic acids is 2. The van der Waals surface area contributed by atoms with E-state index < -0.39 is 5.82 Å². The number of carbonyl (C=O) groups is 2. The molecule has 56 valence electrons. The Hall–Kier alpha value is -1.58. The summed E-state index contributed by atoms with van der Waals surface area (Å²) in [5.74, 6) is -0.635. The van der Waals surface area contributed by atoms with E-state index in [9.17, 15) is 14.0 Å². The monoisotopic (exact) mass is 153 g/mol. The molecule has 0 aliphatic carbocycles. The second-order valence-corrected chi connectivity index (χ2v) is 1.87. The molecular weight excluding hydrogens is 149 g/mol. The maximum atomic E-state index is 12.4. The molecule has 11 heavy (non-hydrogen) atoms. The Balaban J connectivity index is 3.21. The van der Waals surface area contributed by atoms with Crippen molar-refractivity contribution >= 4 is 12.6 Å². The normalized spacial score (nSPS) is 9.18. The lowest BCUT2D eigenvalue weighted by Crippen LogP contribution is -1.94. The molecule has 0 saturated carbocycles. The smallest absolute Gasteiger partial charge is 0.168 e. The van der Waals surface area contributed by atoms with Gasteiger partial charge in [-0.25, -0.2) is 9.37 Å². The number of hydrogen-bond donors (Lipinski definition) is 0. The Kier molecular flexibility index (Phi) is 2.06.